The van der Waals surface area contributed by atoms with Gasteiger partial charge in [-0.25, -0.2) is 4.68 Å². The Kier molecular flexibility index (Phi) is 6.48. The Morgan fingerprint density at radius 3 is 2.54 bits per heavy atom. The van der Waals surface area contributed by atoms with E-state index in [1.807, 2.05) is 13.8 Å². The summed E-state index contributed by atoms with van der Waals surface area (Å²) in [7, 11) is 0. The molecule has 2 rings (SSSR count). The van der Waals surface area contributed by atoms with Crippen LogP contribution in [0.1, 0.15) is 42.4 Å². The maximum atomic E-state index is 13.0. The first kappa shape index (κ1) is 21.5. The zero-order valence-corrected chi connectivity index (χ0v) is 16.2. The molecule has 0 aliphatic carbocycles. The molecule has 6 nitrogen and oxygen atoms in total. The van der Waals surface area contributed by atoms with E-state index in [0.717, 1.165) is 12.1 Å². The monoisotopic (exact) mass is 396 g/mol. The summed E-state index contributed by atoms with van der Waals surface area (Å²) >= 11 is 0. The smallest absolute Gasteiger partial charge is 0.352 e. The Bertz CT molecular complexity index is 859. The minimum atomic E-state index is -4.47. The molecule has 9 heteroatoms. The highest BCUT2D eigenvalue weighted by Gasteiger charge is 2.31. The summed E-state index contributed by atoms with van der Waals surface area (Å²) in [6.45, 7) is 7.17. The summed E-state index contributed by atoms with van der Waals surface area (Å²) in [5.74, 6) is -0.690. The second-order valence-corrected chi connectivity index (χ2v) is 6.65. The van der Waals surface area contributed by atoms with Gasteiger partial charge in [0, 0.05) is 12.6 Å². The van der Waals surface area contributed by atoms with E-state index in [0.29, 0.717) is 12.2 Å². The molecule has 0 aliphatic heterocycles. The molecular weight excluding hydrogens is 373 g/mol. The van der Waals surface area contributed by atoms with Crippen molar-refractivity contribution >= 4 is 11.8 Å². The third-order valence-electron chi connectivity index (χ3n) is 4.11. The molecule has 0 bridgehead atoms. The Morgan fingerprint density at radius 2 is 1.96 bits per heavy atom. The van der Waals surface area contributed by atoms with Crippen molar-refractivity contribution in [2.24, 2.45) is 0 Å². The van der Waals surface area contributed by atoms with E-state index < -0.39 is 17.6 Å². The fourth-order valence-corrected chi connectivity index (χ4v) is 2.73. The van der Waals surface area contributed by atoms with Gasteiger partial charge in [-0.05, 0) is 45.9 Å². The van der Waals surface area contributed by atoms with Crippen LogP contribution in [0, 0.1) is 6.92 Å². The van der Waals surface area contributed by atoms with E-state index >= 15 is 0 Å². The molecule has 0 unspecified atom stereocenters. The van der Waals surface area contributed by atoms with Crippen molar-refractivity contribution in [1.29, 1.82) is 0 Å². The van der Waals surface area contributed by atoms with E-state index in [1.165, 1.54) is 27.9 Å². The molecule has 28 heavy (non-hydrogen) atoms. The van der Waals surface area contributed by atoms with Crippen molar-refractivity contribution in [3.8, 4) is 5.69 Å². The lowest BCUT2D eigenvalue weighted by molar-refractivity contribution is -0.137. The Morgan fingerprint density at radius 1 is 1.29 bits per heavy atom. The molecule has 1 N–H and O–H groups in total. The predicted molar refractivity (Wildman–Crippen MR) is 98.2 cm³/mol. The first-order chi connectivity index (χ1) is 13.0. The van der Waals surface area contributed by atoms with Crippen molar-refractivity contribution < 1.29 is 22.8 Å². The first-order valence-corrected chi connectivity index (χ1v) is 8.85. The zero-order chi connectivity index (χ0) is 21.1. The van der Waals surface area contributed by atoms with E-state index in [9.17, 15) is 22.8 Å². The van der Waals surface area contributed by atoms with Gasteiger partial charge in [0.15, 0.2) is 0 Å². The third-order valence-corrected chi connectivity index (χ3v) is 4.11. The number of halogens is 3. The van der Waals surface area contributed by atoms with E-state index in [4.69, 9.17) is 0 Å². The SMILES string of the molecule is CCN(CC(=O)NC(C)C)C(=O)c1cnn(-c2cccc(C(F)(F)F)c2)c1C. The number of hydrogen-bond donors (Lipinski definition) is 1. The van der Waals surface area contributed by atoms with Gasteiger partial charge in [0.25, 0.3) is 5.91 Å². The highest BCUT2D eigenvalue weighted by molar-refractivity contribution is 5.97. The molecule has 1 heterocycles. The number of amides is 2. The molecule has 0 saturated heterocycles. The fraction of sp³-hybridized carbons (Fsp3) is 0.421. The lowest BCUT2D eigenvalue weighted by Gasteiger charge is -2.21. The normalized spacial score (nSPS) is 11.6. The predicted octanol–water partition coefficient (Wildman–Crippen LogP) is 3.19. The van der Waals surface area contributed by atoms with E-state index in [-0.39, 0.29) is 29.7 Å². The topological polar surface area (TPSA) is 67.2 Å². The average Bonchev–Trinajstić information content (AvgIpc) is 2.99. The number of benzene rings is 1. The first-order valence-electron chi connectivity index (χ1n) is 8.85. The fourth-order valence-electron chi connectivity index (χ4n) is 2.73. The van der Waals surface area contributed by atoms with Crippen molar-refractivity contribution in [3.05, 3.63) is 47.3 Å². The number of aromatic nitrogens is 2. The summed E-state index contributed by atoms with van der Waals surface area (Å²) < 4.78 is 40.1. The molecule has 0 fully saturated rings. The van der Waals surface area contributed by atoms with Crippen LogP contribution in [0.2, 0.25) is 0 Å². The molecule has 1 aromatic carbocycles. The lowest BCUT2D eigenvalue weighted by Crippen LogP contribution is -2.42. The molecule has 2 amide bonds. The maximum absolute atomic E-state index is 13.0. The number of rotatable bonds is 6. The third kappa shape index (κ3) is 4.90. The van der Waals surface area contributed by atoms with Crippen LogP contribution in [0.4, 0.5) is 13.2 Å². The number of hydrogen-bond acceptors (Lipinski definition) is 3. The number of nitrogens with zero attached hydrogens (tertiary/aromatic N) is 3. The van der Waals surface area contributed by atoms with Crippen LogP contribution >= 0.6 is 0 Å². The van der Waals surface area contributed by atoms with Gasteiger partial charge in [0.2, 0.25) is 5.91 Å². The largest absolute Gasteiger partial charge is 0.416 e. The summed E-state index contributed by atoms with van der Waals surface area (Å²) in [6.07, 6.45) is -3.17. The van der Waals surface area contributed by atoms with Gasteiger partial charge >= 0.3 is 6.18 Å². The summed E-state index contributed by atoms with van der Waals surface area (Å²) in [4.78, 5) is 26.1. The van der Waals surface area contributed by atoms with Gasteiger partial charge in [0.1, 0.15) is 0 Å². The molecule has 0 atom stereocenters. The maximum Gasteiger partial charge on any atom is 0.416 e. The highest BCUT2D eigenvalue weighted by Crippen LogP contribution is 2.30. The van der Waals surface area contributed by atoms with Crippen molar-refractivity contribution in [3.63, 3.8) is 0 Å². The molecular formula is C19H23F3N4O2. The Balaban J connectivity index is 2.29. The number of carbonyl (C=O) groups excluding carboxylic acids is 2. The second kappa shape index (κ2) is 8.45. The number of alkyl halides is 3. The number of likely N-dealkylation sites (N-methyl/N-ethyl adjacent to an activating group) is 1. The Labute approximate surface area is 161 Å². The zero-order valence-electron chi connectivity index (χ0n) is 16.2. The Hall–Kier alpha value is -2.84. The van der Waals surface area contributed by atoms with Gasteiger partial charge in [-0.3, -0.25) is 9.59 Å². The molecule has 0 spiro atoms. The summed E-state index contributed by atoms with van der Waals surface area (Å²) in [5.41, 5.74) is 0.0314. The second-order valence-electron chi connectivity index (χ2n) is 6.65. The quantitative estimate of drug-likeness (QED) is 0.816. The van der Waals surface area contributed by atoms with Crippen LogP contribution in [-0.4, -0.2) is 45.6 Å². The molecule has 0 radical (unpaired) electrons. The minimum absolute atomic E-state index is 0.0493. The van der Waals surface area contributed by atoms with Crippen molar-refractivity contribution in [2.45, 2.75) is 39.9 Å². The minimum Gasteiger partial charge on any atom is -0.352 e. The van der Waals surface area contributed by atoms with Crippen LogP contribution in [0.3, 0.4) is 0 Å². The summed E-state index contributed by atoms with van der Waals surface area (Å²) in [6, 6.07) is 4.67. The van der Waals surface area contributed by atoms with Gasteiger partial charge in [0.05, 0.1) is 35.2 Å². The molecule has 0 aliphatic rings. The number of carbonyl (C=O) groups is 2. The van der Waals surface area contributed by atoms with Gasteiger partial charge < -0.3 is 10.2 Å². The van der Waals surface area contributed by atoms with Crippen LogP contribution in [-0.2, 0) is 11.0 Å². The van der Waals surface area contributed by atoms with Gasteiger partial charge in [-0.1, -0.05) is 6.07 Å². The molecule has 1 aromatic heterocycles. The van der Waals surface area contributed by atoms with Gasteiger partial charge in [-0.2, -0.15) is 18.3 Å². The number of nitrogens with one attached hydrogen (secondary N) is 1. The summed E-state index contributed by atoms with van der Waals surface area (Å²) in [5, 5.41) is 6.80. The lowest BCUT2D eigenvalue weighted by atomic mass is 10.2. The standard InChI is InChI=1S/C19H23F3N4O2/c1-5-25(11-17(27)24-12(2)3)18(28)16-10-23-26(13(16)4)15-8-6-7-14(9-15)19(20,21)22/h6-10,12H,5,11H2,1-4H3,(H,24,27). The van der Waals surface area contributed by atoms with Crippen molar-refractivity contribution in [1.82, 2.24) is 20.0 Å². The van der Waals surface area contributed by atoms with Crippen LogP contribution < -0.4 is 5.32 Å². The highest BCUT2D eigenvalue weighted by atomic mass is 19.4. The van der Waals surface area contributed by atoms with E-state index in [1.54, 1.807) is 13.8 Å². The van der Waals surface area contributed by atoms with Crippen LogP contribution in [0.5, 0.6) is 0 Å². The molecule has 152 valence electrons. The van der Waals surface area contributed by atoms with Crippen molar-refractivity contribution in [2.75, 3.05) is 13.1 Å². The average molecular weight is 396 g/mol. The van der Waals surface area contributed by atoms with Crippen LogP contribution in [0.15, 0.2) is 30.5 Å². The van der Waals surface area contributed by atoms with E-state index in [2.05, 4.69) is 10.4 Å². The molecule has 2 aromatic rings. The van der Waals surface area contributed by atoms with Gasteiger partial charge in [-0.15, -0.1) is 0 Å². The van der Waals surface area contributed by atoms with Crippen LogP contribution in [0.25, 0.3) is 5.69 Å². The molecule has 0 saturated carbocycles.